The van der Waals surface area contributed by atoms with E-state index >= 15 is 0 Å². The number of nitriles is 1. The molecule has 1 aliphatic heterocycles. The first-order valence-corrected chi connectivity index (χ1v) is 9.78. The van der Waals surface area contributed by atoms with Crippen molar-refractivity contribution in [1.29, 1.82) is 5.26 Å². The minimum absolute atomic E-state index is 0.361. The predicted octanol–water partition coefficient (Wildman–Crippen LogP) is -0.425. The van der Waals surface area contributed by atoms with E-state index < -0.39 is 27.6 Å². The van der Waals surface area contributed by atoms with E-state index in [1.165, 1.54) is 6.08 Å². The Bertz CT molecular complexity index is 763. The number of piperazine rings is 1. The average Bonchev–Trinajstić information content (AvgIpc) is 2.65. The summed E-state index contributed by atoms with van der Waals surface area (Å²) in [5.41, 5.74) is 1.65. The van der Waals surface area contributed by atoms with Crippen LogP contribution in [0.15, 0.2) is 29.2 Å². The largest absolute Gasteiger partial charge is 0.394 e. The molecule has 1 heterocycles. The van der Waals surface area contributed by atoms with Gasteiger partial charge in [-0.2, -0.15) is 5.26 Å². The summed E-state index contributed by atoms with van der Waals surface area (Å²) in [5, 5.41) is 27.2. The third-order valence-corrected chi connectivity index (χ3v) is 5.51. The molecular formula is C17H24N4O4S. The van der Waals surface area contributed by atoms with E-state index in [2.05, 4.69) is 21.6 Å². The summed E-state index contributed by atoms with van der Waals surface area (Å²) in [5.74, 6) is 0. The summed E-state index contributed by atoms with van der Waals surface area (Å²) >= 11 is 0. The maximum absolute atomic E-state index is 12.1. The van der Waals surface area contributed by atoms with Crippen molar-refractivity contribution in [3.8, 4) is 6.07 Å². The number of allylic oxidation sites excluding steroid dienone is 1. The van der Waals surface area contributed by atoms with Gasteiger partial charge in [0.25, 0.3) is 10.0 Å². The molecule has 1 atom stereocenters. The van der Waals surface area contributed by atoms with Crippen LogP contribution in [-0.2, 0) is 10.0 Å². The molecule has 9 heteroatoms. The fourth-order valence-corrected chi connectivity index (χ4v) is 3.49. The van der Waals surface area contributed by atoms with Crippen molar-refractivity contribution in [2.75, 3.05) is 51.3 Å². The number of benzene rings is 1. The minimum atomic E-state index is -4.05. The van der Waals surface area contributed by atoms with Crippen molar-refractivity contribution in [1.82, 2.24) is 9.62 Å². The molecular weight excluding hydrogens is 356 g/mol. The Morgan fingerprint density at radius 2 is 1.92 bits per heavy atom. The number of sulfonamides is 1. The molecule has 0 saturated carbocycles. The Morgan fingerprint density at radius 1 is 1.31 bits per heavy atom. The van der Waals surface area contributed by atoms with Gasteiger partial charge in [-0.3, -0.25) is 0 Å². The normalized spacial score (nSPS) is 17.8. The molecule has 26 heavy (non-hydrogen) atoms. The van der Waals surface area contributed by atoms with Gasteiger partial charge < -0.3 is 20.0 Å². The van der Waals surface area contributed by atoms with Crippen LogP contribution < -0.4 is 9.62 Å². The van der Waals surface area contributed by atoms with Crippen molar-refractivity contribution in [2.45, 2.75) is 6.10 Å². The molecule has 1 aromatic rings. The molecule has 1 aliphatic rings. The van der Waals surface area contributed by atoms with Gasteiger partial charge >= 0.3 is 0 Å². The fraction of sp³-hybridized carbons (Fsp3) is 0.471. The molecule has 1 fully saturated rings. The van der Waals surface area contributed by atoms with Crippen LogP contribution in [0, 0.1) is 11.3 Å². The number of hydrogen-bond acceptors (Lipinski definition) is 7. The van der Waals surface area contributed by atoms with E-state index in [9.17, 15) is 13.5 Å². The summed E-state index contributed by atoms with van der Waals surface area (Å²) in [6.45, 7) is 2.91. The third-order valence-electron chi connectivity index (χ3n) is 4.18. The van der Waals surface area contributed by atoms with E-state index in [0.29, 0.717) is 5.56 Å². The fourth-order valence-electron chi connectivity index (χ4n) is 2.52. The zero-order chi connectivity index (χ0) is 19.2. The lowest BCUT2D eigenvalue weighted by Crippen LogP contribution is -2.44. The molecule has 1 unspecified atom stereocenters. The zero-order valence-corrected chi connectivity index (χ0v) is 15.5. The second kappa shape index (κ2) is 9.12. The Kier molecular flexibility index (Phi) is 7.14. The molecule has 0 bridgehead atoms. The monoisotopic (exact) mass is 380 g/mol. The van der Waals surface area contributed by atoms with Crippen molar-refractivity contribution >= 4 is 21.8 Å². The van der Waals surface area contributed by atoms with Gasteiger partial charge in [0, 0.05) is 38.4 Å². The standard InChI is InChI=1S/C17H24N4O4S/c1-20-6-8-21(9-7-20)15-4-2-14(3-5-15)10-17(11-18)26(24,25)19-12-16(23)13-22/h2-5,10,16,19,22-23H,6-9,12-13H2,1H3/b17-10+. The Balaban J connectivity index is 2.10. The van der Waals surface area contributed by atoms with Crippen LogP contribution in [0.4, 0.5) is 5.69 Å². The van der Waals surface area contributed by atoms with Crippen LogP contribution in [-0.4, -0.2) is 76.0 Å². The molecule has 142 valence electrons. The highest BCUT2D eigenvalue weighted by atomic mass is 32.2. The third kappa shape index (κ3) is 5.52. The van der Waals surface area contributed by atoms with E-state index in [4.69, 9.17) is 10.4 Å². The maximum Gasteiger partial charge on any atom is 0.250 e. The molecule has 0 spiro atoms. The molecule has 0 radical (unpaired) electrons. The first-order valence-electron chi connectivity index (χ1n) is 8.29. The van der Waals surface area contributed by atoms with Crippen LogP contribution in [0.2, 0.25) is 0 Å². The van der Waals surface area contributed by atoms with Crippen molar-refractivity contribution in [3.05, 3.63) is 34.7 Å². The average molecular weight is 380 g/mol. The lowest BCUT2D eigenvalue weighted by Gasteiger charge is -2.34. The van der Waals surface area contributed by atoms with Crippen molar-refractivity contribution < 1.29 is 18.6 Å². The van der Waals surface area contributed by atoms with Gasteiger partial charge in [0.1, 0.15) is 6.07 Å². The van der Waals surface area contributed by atoms with E-state index in [1.807, 2.05) is 12.1 Å². The number of nitrogens with one attached hydrogen (secondary N) is 1. The van der Waals surface area contributed by atoms with Crippen molar-refractivity contribution in [3.63, 3.8) is 0 Å². The first kappa shape index (κ1) is 20.4. The highest BCUT2D eigenvalue weighted by Crippen LogP contribution is 2.19. The number of aliphatic hydroxyl groups excluding tert-OH is 2. The molecule has 0 aromatic heterocycles. The number of rotatable bonds is 7. The molecule has 1 saturated heterocycles. The lowest BCUT2D eigenvalue weighted by molar-refractivity contribution is 0.0989. The molecule has 1 aromatic carbocycles. The van der Waals surface area contributed by atoms with Crippen LogP contribution in [0.25, 0.3) is 6.08 Å². The molecule has 8 nitrogen and oxygen atoms in total. The quantitative estimate of drug-likeness (QED) is 0.550. The van der Waals surface area contributed by atoms with Crippen LogP contribution in [0.5, 0.6) is 0 Å². The number of likely N-dealkylation sites (N-methyl/N-ethyl adjacent to an activating group) is 1. The predicted molar refractivity (Wildman–Crippen MR) is 99.8 cm³/mol. The zero-order valence-electron chi connectivity index (χ0n) is 14.7. The molecule has 0 aliphatic carbocycles. The summed E-state index contributed by atoms with van der Waals surface area (Å²) in [7, 11) is -1.96. The highest BCUT2D eigenvalue weighted by molar-refractivity contribution is 7.93. The molecule has 3 N–H and O–H groups in total. The Morgan fingerprint density at radius 3 is 2.46 bits per heavy atom. The van der Waals surface area contributed by atoms with Gasteiger partial charge in [0.05, 0.1) is 12.7 Å². The number of hydrogen-bond donors (Lipinski definition) is 3. The van der Waals surface area contributed by atoms with Crippen LogP contribution in [0.1, 0.15) is 5.56 Å². The van der Waals surface area contributed by atoms with Gasteiger partial charge in [-0.1, -0.05) is 12.1 Å². The smallest absolute Gasteiger partial charge is 0.250 e. The number of nitrogens with zero attached hydrogens (tertiary/aromatic N) is 3. The van der Waals surface area contributed by atoms with E-state index in [-0.39, 0.29) is 6.54 Å². The summed E-state index contributed by atoms with van der Waals surface area (Å²) < 4.78 is 26.4. The van der Waals surface area contributed by atoms with Crippen LogP contribution in [0.3, 0.4) is 0 Å². The SMILES string of the molecule is CN1CCN(c2ccc(/C=C(\C#N)S(=O)(=O)NCC(O)CO)cc2)CC1. The molecule has 2 rings (SSSR count). The Hall–Kier alpha value is -1.96. The topological polar surface area (TPSA) is 117 Å². The van der Waals surface area contributed by atoms with Gasteiger partial charge in [-0.25, -0.2) is 13.1 Å². The second-order valence-corrected chi connectivity index (χ2v) is 7.93. The summed E-state index contributed by atoms with van der Waals surface area (Å²) in [6.07, 6.45) is 0.0640. The lowest BCUT2D eigenvalue weighted by atomic mass is 10.1. The molecule has 0 amide bonds. The number of aliphatic hydroxyl groups is 2. The summed E-state index contributed by atoms with van der Waals surface area (Å²) in [6, 6.07) is 9.01. The van der Waals surface area contributed by atoms with Gasteiger partial charge in [0.15, 0.2) is 4.91 Å². The van der Waals surface area contributed by atoms with Gasteiger partial charge in [-0.15, -0.1) is 0 Å². The van der Waals surface area contributed by atoms with Crippen LogP contribution >= 0.6 is 0 Å². The first-order chi connectivity index (χ1) is 12.4. The minimum Gasteiger partial charge on any atom is -0.394 e. The van der Waals surface area contributed by atoms with Crippen molar-refractivity contribution in [2.24, 2.45) is 0 Å². The van der Waals surface area contributed by atoms with E-state index in [0.717, 1.165) is 31.9 Å². The second-order valence-electron chi connectivity index (χ2n) is 6.19. The number of anilines is 1. The highest BCUT2D eigenvalue weighted by Gasteiger charge is 2.19. The van der Waals surface area contributed by atoms with E-state index in [1.54, 1.807) is 18.2 Å². The summed E-state index contributed by atoms with van der Waals surface area (Å²) in [4.78, 5) is 4.07. The van der Waals surface area contributed by atoms with Gasteiger partial charge in [0.2, 0.25) is 0 Å². The maximum atomic E-state index is 12.1. The van der Waals surface area contributed by atoms with Gasteiger partial charge in [-0.05, 0) is 30.8 Å². The Labute approximate surface area is 154 Å².